The number of benzene rings is 1. The molecule has 0 aliphatic carbocycles. The molecule has 0 saturated carbocycles. The molecule has 1 fully saturated rings. The molecule has 5 heteroatoms. The van der Waals surface area contributed by atoms with E-state index in [-0.39, 0.29) is 5.91 Å². The van der Waals surface area contributed by atoms with E-state index in [1.165, 1.54) is 5.56 Å². The summed E-state index contributed by atoms with van der Waals surface area (Å²) >= 11 is 1.67. The summed E-state index contributed by atoms with van der Waals surface area (Å²) in [4.78, 5) is 12.8. The molecule has 1 aromatic heterocycles. The van der Waals surface area contributed by atoms with Gasteiger partial charge in [0.05, 0.1) is 6.61 Å². The van der Waals surface area contributed by atoms with E-state index in [0.29, 0.717) is 26.1 Å². The molecular formula is C19H22N2O2S. The summed E-state index contributed by atoms with van der Waals surface area (Å²) in [5.41, 5.74) is 2.58. The summed E-state index contributed by atoms with van der Waals surface area (Å²) in [6.07, 6.45) is 2.22. The zero-order chi connectivity index (χ0) is 16.8. The average molecular weight is 342 g/mol. The molecule has 0 unspecified atom stereocenters. The average Bonchev–Trinajstić information content (AvgIpc) is 3.15. The van der Waals surface area contributed by atoms with Crippen molar-refractivity contribution in [2.75, 3.05) is 26.2 Å². The van der Waals surface area contributed by atoms with E-state index in [1.807, 2.05) is 12.1 Å². The minimum atomic E-state index is -0.882. The van der Waals surface area contributed by atoms with Crippen LogP contribution in [0.1, 0.15) is 5.56 Å². The SMILES string of the molecule is C=CCNC(=O)[C@@]1(Cc2ccccc2-c2ccsc2)CNCCO1. The Hall–Kier alpha value is -1.95. The highest BCUT2D eigenvalue weighted by Gasteiger charge is 2.41. The largest absolute Gasteiger partial charge is 0.362 e. The molecule has 2 N–H and O–H groups in total. The molecule has 24 heavy (non-hydrogen) atoms. The number of morpholine rings is 1. The predicted octanol–water partition coefficient (Wildman–Crippen LogP) is 2.62. The highest BCUT2D eigenvalue weighted by atomic mass is 32.1. The van der Waals surface area contributed by atoms with E-state index >= 15 is 0 Å². The Balaban J connectivity index is 1.91. The molecule has 0 bridgehead atoms. The van der Waals surface area contributed by atoms with Crippen LogP contribution in [0.15, 0.2) is 53.7 Å². The second-order valence-electron chi connectivity index (χ2n) is 5.86. The van der Waals surface area contributed by atoms with Gasteiger partial charge in [-0.3, -0.25) is 4.79 Å². The fraction of sp³-hybridized carbons (Fsp3) is 0.316. The fourth-order valence-corrected chi connectivity index (χ4v) is 3.66. The van der Waals surface area contributed by atoms with Gasteiger partial charge in [0.25, 0.3) is 5.91 Å². The van der Waals surface area contributed by atoms with Crippen molar-refractivity contribution < 1.29 is 9.53 Å². The summed E-state index contributed by atoms with van der Waals surface area (Å²) in [5, 5.41) is 10.4. The third-order valence-electron chi connectivity index (χ3n) is 4.21. The van der Waals surface area contributed by atoms with Crippen molar-refractivity contribution in [3.8, 4) is 11.1 Å². The zero-order valence-corrected chi connectivity index (χ0v) is 14.4. The van der Waals surface area contributed by atoms with E-state index in [9.17, 15) is 4.79 Å². The summed E-state index contributed by atoms with van der Waals surface area (Å²) in [7, 11) is 0. The van der Waals surface area contributed by atoms with Gasteiger partial charge in [0.2, 0.25) is 0 Å². The first kappa shape index (κ1) is 16.9. The van der Waals surface area contributed by atoms with Crippen molar-refractivity contribution in [3.63, 3.8) is 0 Å². The molecule has 2 aromatic rings. The van der Waals surface area contributed by atoms with Crippen molar-refractivity contribution in [1.29, 1.82) is 0 Å². The third-order valence-corrected chi connectivity index (χ3v) is 4.90. The van der Waals surface area contributed by atoms with Crippen LogP contribution in [0.2, 0.25) is 0 Å². The van der Waals surface area contributed by atoms with E-state index in [0.717, 1.165) is 17.7 Å². The van der Waals surface area contributed by atoms with Crippen LogP contribution in [0.4, 0.5) is 0 Å². The highest BCUT2D eigenvalue weighted by Crippen LogP contribution is 2.30. The molecule has 2 heterocycles. The third kappa shape index (κ3) is 3.59. The van der Waals surface area contributed by atoms with Crippen LogP contribution < -0.4 is 10.6 Å². The summed E-state index contributed by atoms with van der Waals surface area (Å²) in [6, 6.07) is 10.3. The van der Waals surface area contributed by atoms with Crippen molar-refractivity contribution >= 4 is 17.2 Å². The van der Waals surface area contributed by atoms with Crippen molar-refractivity contribution in [3.05, 3.63) is 59.3 Å². The molecule has 3 rings (SSSR count). The molecule has 1 amide bonds. The number of ether oxygens (including phenoxy) is 1. The quantitative estimate of drug-likeness (QED) is 0.794. The van der Waals surface area contributed by atoms with Crippen LogP contribution in [0.25, 0.3) is 11.1 Å². The Bertz CT molecular complexity index is 691. The number of rotatable bonds is 6. The lowest BCUT2D eigenvalue weighted by molar-refractivity contribution is -0.150. The standard InChI is InChI=1S/C19H22N2O2S/c1-2-8-21-18(22)19(14-20-9-10-23-19)12-15-5-3-4-6-17(15)16-7-11-24-13-16/h2-7,11,13,20H,1,8-10,12,14H2,(H,21,22)/t19-/m1/s1. The second-order valence-corrected chi connectivity index (χ2v) is 6.64. The van der Waals surface area contributed by atoms with Crippen LogP contribution in [-0.4, -0.2) is 37.7 Å². The first-order valence-electron chi connectivity index (χ1n) is 8.09. The van der Waals surface area contributed by atoms with Gasteiger partial charge in [-0.15, -0.1) is 6.58 Å². The fourth-order valence-electron chi connectivity index (χ4n) is 3.01. The van der Waals surface area contributed by atoms with Crippen LogP contribution in [0, 0.1) is 0 Å². The first-order chi connectivity index (χ1) is 11.7. The van der Waals surface area contributed by atoms with E-state index in [1.54, 1.807) is 17.4 Å². The molecule has 1 atom stereocenters. The Morgan fingerprint density at radius 1 is 1.42 bits per heavy atom. The van der Waals surface area contributed by atoms with Crippen molar-refractivity contribution in [1.82, 2.24) is 10.6 Å². The Kier molecular flexibility index (Phi) is 5.45. The number of carbonyl (C=O) groups excluding carboxylic acids is 1. The molecular weight excluding hydrogens is 320 g/mol. The molecule has 1 aromatic carbocycles. The van der Waals surface area contributed by atoms with Gasteiger partial charge < -0.3 is 15.4 Å². The van der Waals surface area contributed by atoms with Crippen LogP contribution in [-0.2, 0) is 16.0 Å². The number of amides is 1. The van der Waals surface area contributed by atoms with Gasteiger partial charge in [-0.05, 0) is 33.5 Å². The van der Waals surface area contributed by atoms with E-state index in [2.05, 4.69) is 46.2 Å². The number of carbonyl (C=O) groups is 1. The minimum absolute atomic E-state index is 0.0882. The molecule has 1 aliphatic heterocycles. The molecule has 4 nitrogen and oxygen atoms in total. The summed E-state index contributed by atoms with van der Waals surface area (Å²) < 4.78 is 5.99. The molecule has 1 aliphatic rings. The van der Waals surface area contributed by atoms with Gasteiger partial charge in [-0.1, -0.05) is 30.3 Å². The highest BCUT2D eigenvalue weighted by molar-refractivity contribution is 7.08. The van der Waals surface area contributed by atoms with Crippen molar-refractivity contribution in [2.24, 2.45) is 0 Å². The molecule has 1 saturated heterocycles. The normalized spacial score (nSPS) is 20.5. The second kappa shape index (κ2) is 7.75. The van der Waals surface area contributed by atoms with Gasteiger partial charge in [0, 0.05) is 26.1 Å². The number of nitrogens with one attached hydrogen (secondary N) is 2. The minimum Gasteiger partial charge on any atom is -0.362 e. The number of hydrogen-bond donors (Lipinski definition) is 2. The van der Waals surface area contributed by atoms with Gasteiger partial charge >= 0.3 is 0 Å². The lowest BCUT2D eigenvalue weighted by atomic mass is 9.88. The molecule has 0 radical (unpaired) electrons. The van der Waals surface area contributed by atoms with Crippen LogP contribution >= 0.6 is 11.3 Å². The molecule has 0 spiro atoms. The van der Waals surface area contributed by atoms with Gasteiger partial charge in [-0.2, -0.15) is 11.3 Å². The molecule has 126 valence electrons. The summed E-state index contributed by atoms with van der Waals surface area (Å²) in [6.45, 7) is 5.91. The Labute approximate surface area is 146 Å². The Morgan fingerprint density at radius 3 is 3.00 bits per heavy atom. The zero-order valence-electron chi connectivity index (χ0n) is 13.6. The topological polar surface area (TPSA) is 50.4 Å². The van der Waals surface area contributed by atoms with Gasteiger partial charge in [0.1, 0.15) is 0 Å². The number of thiophene rings is 1. The first-order valence-corrected chi connectivity index (χ1v) is 9.04. The lowest BCUT2D eigenvalue weighted by Crippen LogP contribution is -2.60. The van der Waals surface area contributed by atoms with Crippen LogP contribution in [0.5, 0.6) is 0 Å². The number of hydrogen-bond acceptors (Lipinski definition) is 4. The lowest BCUT2D eigenvalue weighted by Gasteiger charge is -2.36. The van der Waals surface area contributed by atoms with Crippen molar-refractivity contribution in [2.45, 2.75) is 12.0 Å². The van der Waals surface area contributed by atoms with Gasteiger partial charge in [0.15, 0.2) is 5.60 Å². The maximum absolute atomic E-state index is 12.8. The monoisotopic (exact) mass is 342 g/mol. The van der Waals surface area contributed by atoms with E-state index in [4.69, 9.17) is 4.74 Å². The smallest absolute Gasteiger partial charge is 0.254 e. The summed E-state index contributed by atoms with van der Waals surface area (Å²) in [5.74, 6) is -0.0882. The Morgan fingerprint density at radius 2 is 2.29 bits per heavy atom. The maximum atomic E-state index is 12.8. The van der Waals surface area contributed by atoms with E-state index < -0.39 is 5.60 Å². The maximum Gasteiger partial charge on any atom is 0.254 e. The van der Waals surface area contributed by atoms with Crippen LogP contribution in [0.3, 0.4) is 0 Å². The predicted molar refractivity (Wildman–Crippen MR) is 98.2 cm³/mol. The van der Waals surface area contributed by atoms with Gasteiger partial charge in [-0.25, -0.2) is 0 Å².